The minimum atomic E-state index is -0.656. The first-order chi connectivity index (χ1) is 53.5. The lowest BCUT2D eigenvalue weighted by Gasteiger charge is -2.35. The van der Waals surface area contributed by atoms with E-state index in [1.54, 1.807) is 24.4 Å². The maximum Gasteiger partial charge on any atom is 0.287 e. The van der Waals surface area contributed by atoms with E-state index in [-0.39, 0.29) is 56.8 Å². The summed E-state index contributed by atoms with van der Waals surface area (Å²) >= 11 is 11.1. The van der Waals surface area contributed by atoms with Crippen molar-refractivity contribution in [2.75, 3.05) is 152 Å². The molecule has 5 aliphatic heterocycles. The van der Waals surface area contributed by atoms with Crippen LogP contribution < -0.4 is 39.7 Å². The number of nitrogen functional groups attached to an aromatic ring is 1. The van der Waals surface area contributed by atoms with Gasteiger partial charge in [-0.2, -0.15) is 0 Å². The maximum absolute atomic E-state index is 15.0. The van der Waals surface area contributed by atoms with Crippen LogP contribution in [0.5, 0.6) is 11.5 Å². The SMILES string of the molecule is CC(C)N1CCOc2c(F)cc(-c3nc(Cc4ccc(N5CCC(N(C)C)CC5)nc4)ncc3F)cc21.CC(C)N1CCOc2c(F)cc(-c3nc(Cl)ncc3F)cc21.CN(C)C1CCCCC1.CN(C)C1CCN(c2ccc(N)cn2)CC1.CN(C)C1CCN(c2ccc([N+](=O)[O-])cn2)CC1.O=[N+]([O-])c1ccc(Cl)nc1. The van der Waals surface area contributed by atoms with Gasteiger partial charge in [-0.25, -0.2) is 57.4 Å². The molecule has 2 N–H and O–H groups in total. The summed E-state index contributed by atoms with van der Waals surface area (Å²) in [6, 6.07) is 22.9. The van der Waals surface area contributed by atoms with Crippen LogP contribution in [-0.2, 0) is 6.42 Å². The Kier molecular flexibility index (Phi) is 31.9. The Morgan fingerprint density at radius 3 is 1.25 bits per heavy atom. The van der Waals surface area contributed by atoms with Gasteiger partial charge in [0.25, 0.3) is 11.4 Å². The first-order valence-electron chi connectivity index (χ1n) is 38.1. The summed E-state index contributed by atoms with van der Waals surface area (Å²) in [7, 11) is 17.2. The van der Waals surface area contributed by atoms with Crippen molar-refractivity contribution in [2.24, 2.45) is 0 Å². The molecule has 0 radical (unpaired) electrons. The van der Waals surface area contributed by atoms with E-state index in [2.05, 4.69) is 135 Å². The molecule has 0 unspecified atom stereocenters. The van der Waals surface area contributed by atoms with Gasteiger partial charge < -0.3 is 59.3 Å². The molecule has 4 fully saturated rings. The van der Waals surface area contributed by atoms with E-state index < -0.39 is 33.1 Å². The first-order valence-corrected chi connectivity index (χ1v) is 38.9. The van der Waals surface area contributed by atoms with Gasteiger partial charge in [0, 0.05) is 111 Å². The molecule has 0 spiro atoms. The van der Waals surface area contributed by atoms with Crippen LogP contribution in [0, 0.1) is 43.5 Å². The van der Waals surface area contributed by atoms with Gasteiger partial charge in [-0.15, -0.1) is 0 Å². The van der Waals surface area contributed by atoms with Gasteiger partial charge in [0.05, 0.1) is 58.6 Å². The van der Waals surface area contributed by atoms with Crippen molar-refractivity contribution in [3.8, 4) is 34.0 Å². The highest BCUT2D eigenvalue weighted by Crippen LogP contribution is 2.42. The highest BCUT2D eigenvalue weighted by molar-refractivity contribution is 6.29. The highest BCUT2D eigenvalue weighted by Gasteiger charge is 2.30. The number of piperidine rings is 3. The predicted molar refractivity (Wildman–Crippen MR) is 436 cm³/mol. The number of fused-ring (bicyclic) bond motifs is 2. The smallest absolute Gasteiger partial charge is 0.287 e. The number of aromatic nitrogens is 8. The number of nitro groups is 2. The average molecular weight is 1590 g/mol. The molecule has 3 saturated heterocycles. The number of nitrogens with zero attached hydrogens (tertiary/aromatic N) is 19. The number of benzene rings is 2. The van der Waals surface area contributed by atoms with Gasteiger partial charge in [0.15, 0.2) is 34.8 Å². The topological polar surface area (TPSA) is 263 Å². The van der Waals surface area contributed by atoms with Crippen molar-refractivity contribution in [1.29, 1.82) is 0 Å². The number of anilines is 6. The van der Waals surface area contributed by atoms with Crippen LogP contribution in [0.3, 0.4) is 0 Å². The summed E-state index contributed by atoms with van der Waals surface area (Å²) in [5, 5.41) is 20.8. The zero-order valence-corrected chi connectivity index (χ0v) is 67.7. The Morgan fingerprint density at radius 1 is 0.473 bits per heavy atom. The zero-order chi connectivity index (χ0) is 80.9. The van der Waals surface area contributed by atoms with Crippen LogP contribution in [0.4, 0.5) is 63.5 Å². The fourth-order valence-corrected chi connectivity index (χ4v) is 14.5. The fourth-order valence-electron chi connectivity index (χ4n) is 14.2. The molecule has 2 aromatic carbocycles. The van der Waals surface area contributed by atoms with Crippen LogP contribution >= 0.6 is 23.2 Å². The van der Waals surface area contributed by atoms with Gasteiger partial charge in [0.2, 0.25) is 5.28 Å². The van der Waals surface area contributed by atoms with E-state index in [0.29, 0.717) is 79.2 Å². The molecule has 112 heavy (non-hydrogen) atoms. The predicted octanol–water partition coefficient (Wildman–Crippen LogP) is 14.5. The van der Waals surface area contributed by atoms with Gasteiger partial charge in [-0.3, -0.25) is 20.2 Å². The minimum absolute atomic E-state index is 0.0315. The third kappa shape index (κ3) is 24.3. The number of hydrogen-bond donors (Lipinski definition) is 1. The van der Waals surface area contributed by atoms with Crippen molar-refractivity contribution in [3.63, 3.8) is 0 Å². The lowest BCUT2D eigenvalue weighted by molar-refractivity contribution is -0.385. The maximum atomic E-state index is 15.0. The van der Waals surface area contributed by atoms with Gasteiger partial charge in [-0.05, 0) is 207 Å². The van der Waals surface area contributed by atoms with Crippen LogP contribution in [-0.4, -0.2) is 228 Å². The van der Waals surface area contributed by atoms with E-state index in [9.17, 15) is 37.8 Å². The van der Waals surface area contributed by atoms with Gasteiger partial charge in [0.1, 0.15) is 65.4 Å². The van der Waals surface area contributed by atoms with Crippen LogP contribution in [0.25, 0.3) is 22.5 Å². The molecular formula is C80H106Cl2F4N20O6. The van der Waals surface area contributed by atoms with E-state index >= 15 is 0 Å². The van der Waals surface area contributed by atoms with Crippen LogP contribution in [0.15, 0.2) is 110 Å². The second-order valence-corrected chi connectivity index (χ2v) is 30.6. The molecule has 0 atom stereocenters. The lowest BCUT2D eigenvalue weighted by atomic mass is 9.95. The standard InChI is InChI=1S/C28H34F2N6O.C15H14ClF2N3O.C12H18N4O2.C12H20N4.C8H17N.C5H3ClN2O2/c1-18(2)36-11-12-37-28-22(29)14-20(15-24(28)36)27-23(30)17-31-25(33-27)13-19-5-6-26(32-16-19)35-9-7-21(8-10-35)34(3)4;1-8(2)21-3-4-22-14-10(17)5-9(6-12(14)21)13-11(18)7-19-15(16)20-13;1-14(2)10-5-7-15(8-6-10)12-4-3-11(9-13-12)16(17)18;1-15(2)11-5-7-16(8-6-11)12-4-3-10(13)9-14-12;1-9(2)8-6-4-3-5-7-8;6-5-2-1-4(3-7-5)8(9)10/h5-6,14-18,21H,7-13H2,1-4H3;5-8H,3-4H2,1-2H3;3-4,9-10H,5-8H2,1-2H3;3-4,9,11H,5-8,13H2,1-2H3;8H,3-7H2,1-2H3;1-3H. The number of rotatable bonds is 15. The molecule has 32 heteroatoms. The molecule has 26 nitrogen and oxygen atoms in total. The van der Waals surface area contributed by atoms with Crippen molar-refractivity contribution in [3.05, 3.63) is 175 Å². The summed E-state index contributed by atoms with van der Waals surface area (Å²) in [6.07, 6.45) is 22.6. The molecule has 8 aromatic rings. The van der Waals surface area contributed by atoms with E-state index in [1.165, 1.54) is 81.5 Å². The van der Waals surface area contributed by atoms with Crippen LogP contribution in [0.1, 0.15) is 110 Å². The molecule has 1 aliphatic carbocycles. The Morgan fingerprint density at radius 2 is 0.875 bits per heavy atom. The van der Waals surface area contributed by atoms with Gasteiger partial charge >= 0.3 is 0 Å². The zero-order valence-electron chi connectivity index (χ0n) is 66.2. The second-order valence-electron chi connectivity index (χ2n) is 29.9. The quantitative estimate of drug-likeness (QED) is 0.0329. The molecule has 1 saturated carbocycles. The Balaban J connectivity index is 0.000000165. The number of nitrogens with two attached hydrogens (primary N) is 1. The monoisotopic (exact) mass is 1590 g/mol. The van der Waals surface area contributed by atoms with Crippen LogP contribution in [0.2, 0.25) is 10.4 Å². The summed E-state index contributed by atoms with van der Waals surface area (Å²) in [5.41, 5.74) is 9.20. The summed E-state index contributed by atoms with van der Waals surface area (Å²) < 4.78 is 69.0. The molecule has 604 valence electrons. The summed E-state index contributed by atoms with van der Waals surface area (Å²) in [5.74, 6) is 1.36. The van der Waals surface area contributed by atoms with Crippen molar-refractivity contribution < 1.29 is 36.9 Å². The summed E-state index contributed by atoms with van der Waals surface area (Å²) in [4.78, 5) is 72.6. The first kappa shape index (κ1) is 86.5. The van der Waals surface area contributed by atoms with Gasteiger partial charge in [-0.1, -0.05) is 36.9 Å². The van der Waals surface area contributed by atoms with E-state index in [4.69, 9.17) is 38.4 Å². The fraction of sp³-hybridized carbons (Fsp3) is 0.500. The largest absolute Gasteiger partial charge is 0.486 e. The van der Waals surface area contributed by atoms with Crippen molar-refractivity contribution >= 4 is 69.1 Å². The van der Waals surface area contributed by atoms with Crippen molar-refractivity contribution in [1.82, 2.24) is 59.5 Å². The second kappa shape index (κ2) is 41.4. The lowest BCUT2D eigenvalue weighted by Crippen LogP contribution is -2.42. The van der Waals surface area contributed by atoms with E-state index in [1.807, 2.05) is 63.1 Å². The number of ether oxygens (including phenoxy) is 2. The normalized spacial score (nSPS) is 16.2. The molecule has 11 heterocycles. The highest BCUT2D eigenvalue weighted by atomic mass is 35.5. The Bertz CT molecular complexity index is 4300. The third-order valence-corrected chi connectivity index (χ3v) is 21.2. The molecular weight excluding hydrogens is 1480 g/mol. The minimum Gasteiger partial charge on any atom is -0.486 e. The number of pyridine rings is 4. The molecule has 6 aliphatic rings. The summed E-state index contributed by atoms with van der Waals surface area (Å²) in [6.45, 7) is 16.2. The molecule has 0 bridgehead atoms. The number of halogens is 6. The van der Waals surface area contributed by atoms with E-state index in [0.717, 1.165) is 118 Å². The Labute approximate surface area is 664 Å². The Hall–Kier alpha value is -9.46. The molecule has 0 amide bonds. The third-order valence-electron chi connectivity index (χ3n) is 20.8. The van der Waals surface area contributed by atoms with Crippen molar-refractivity contribution in [2.45, 2.75) is 141 Å². The molecule has 6 aromatic heterocycles. The average Bonchev–Trinajstić information content (AvgIpc) is 0.779. The number of hydrogen-bond acceptors (Lipinski definition) is 24. The molecule has 14 rings (SSSR count).